The number of aryl methyl sites for hydroxylation is 3. The summed E-state index contributed by atoms with van der Waals surface area (Å²) >= 11 is 0. The number of fused-ring (bicyclic) bond motifs is 1. The average molecular weight is 433 g/mol. The maximum atomic E-state index is 5.71. The van der Waals surface area contributed by atoms with Crippen LogP contribution < -0.4 is 14.8 Å². The molecule has 1 aromatic carbocycles. The van der Waals surface area contributed by atoms with Gasteiger partial charge in [-0.3, -0.25) is 9.97 Å². The van der Waals surface area contributed by atoms with Crippen molar-refractivity contribution in [2.45, 2.75) is 34.1 Å². The average Bonchev–Trinajstić information content (AvgIpc) is 3.07. The molecule has 0 saturated heterocycles. The highest BCUT2D eigenvalue weighted by Gasteiger charge is 2.21. The minimum Gasteiger partial charge on any atom is -0.494 e. The standard InChI is InChI=1S/C24H28N6O2/c1-6-32-19-7-8-20(21(13-19)31-5)30-16(3)22-15(2)28-29-24(23(22)17(30)4)27-10-9-18-14-25-11-12-26-18/h7-8,11-14H,6,9-10H2,1-5H3,(H,27,29). The summed E-state index contributed by atoms with van der Waals surface area (Å²) in [5.41, 5.74) is 4.93. The Hall–Kier alpha value is -3.68. The fraction of sp³-hybridized carbons (Fsp3) is 0.333. The number of nitrogens with zero attached hydrogens (tertiary/aromatic N) is 5. The third-order valence-electron chi connectivity index (χ3n) is 5.54. The van der Waals surface area contributed by atoms with E-state index in [0.717, 1.165) is 63.0 Å². The predicted octanol–water partition coefficient (Wildman–Crippen LogP) is 4.20. The Morgan fingerprint density at radius 1 is 1.03 bits per heavy atom. The minimum atomic E-state index is 0.605. The Morgan fingerprint density at radius 3 is 2.56 bits per heavy atom. The van der Waals surface area contributed by atoms with Gasteiger partial charge in [-0.05, 0) is 39.8 Å². The van der Waals surface area contributed by atoms with Gasteiger partial charge in [0.15, 0.2) is 5.82 Å². The van der Waals surface area contributed by atoms with Gasteiger partial charge in [-0.15, -0.1) is 5.10 Å². The van der Waals surface area contributed by atoms with Crippen LogP contribution in [-0.2, 0) is 6.42 Å². The van der Waals surface area contributed by atoms with E-state index in [1.54, 1.807) is 25.7 Å². The summed E-state index contributed by atoms with van der Waals surface area (Å²) in [5, 5.41) is 14.5. The van der Waals surface area contributed by atoms with Gasteiger partial charge in [0.05, 0.1) is 30.8 Å². The molecule has 0 aliphatic carbocycles. The normalized spacial score (nSPS) is 11.0. The van der Waals surface area contributed by atoms with E-state index in [-0.39, 0.29) is 0 Å². The van der Waals surface area contributed by atoms with Gasteiger partial charge in [-0.2, -0.15) is 5.10 Å². The van der Waals surface area contributed by atoms with Crippen LogP contribution in [0.15, 0.2) is 36.8 Å². The summed E-state index contributed by atoms with van der Waals surface area (Å²) < 4.78 is 13.6. The largest absolute Gasteiger partial charge is 0.494 e. The van der Waals surface area contributed by atoms with Crippen LogP contribution in [0.4, 0.5) is 5.82 Å². The molecule has 0 unspecified atom stereocenters. The molecule has 0 amide bonds. The summed E-state index contributed by atoms with van der Waals surface area (Å²) in [5.74, 6) is 2.29. The maximum absolute atomic E-state index is 5.71. The molecule has 32 heavy (non-hydrogen) atoms. The van der Waals surface area contributed by atoms with E-state index in [4.69, 9.17) is 9.47 Å². The molecule has 0 atom stereocenters. The van der Waals surface area contributed by atoms with Gasteiger partial charge < -0.3 is 19.4 Å². The first-order valence-corrected chi connectivity index (χ1v) is 10.7. The molecule has 4 rings (SSSR count). The lowest BCUT2D eigenvalue weighted by Crippen LogP contribution is -2.09. The van der Waals surface area contributed by atoms with E-state index < -0.39 is 0 Å². The van der Waals surface area contributed by atoms with Crippen LogP contribution in [0.2, 0.25) is 0 Å². The van der Waals surface area contributed by atoms with Crippen molar-refractivity contribution in [2.75, 3.05) is 25.6 Å². The molecule has 1 N–H and O–H groups in total. The number of aromatic nitrogens is 5. The Labute approximate surface area is 187 Å². The highest BCUT2D eigenvalue weighted by molar-refractivity contribution is 5.98. The van der Waals surface area contributed by atoms with Gasteiger partial charge in [-0.25, -0.2) is 0 Å². The Balaban J connectivity index is 1.76. The molecule has 0 radical (unpaired) electrons. The summed E-state index contributed by atoms with van der Waals surface area (Å²) in [6.07, 6.45) is 5.91. The number of anilines is 1. The number of nitrogens with one attached hydrogen (secondary N) is 1. The number of hydrogen-bond acceptors (Lipinski definition) is 7. The monoisotopic (exact) mass is 432 g/mol. The Kier molecular flexibility index (Phi) is 6.20. The number of hydrogen-bond donors (Lipinski definition) is 1. The number of benzene rings is 1. The fourth-order valence-electron chi connectivity index (χ4n) is 4.15. The van der Waals surface area contributed by atoms with Gasteiger partial charge in [0, 0.05) is 59.8 Å². The molecule has 0 spiro atoms. The number of methoxy groups -OCH3 is 1. The second kappa shape index (κ2) is 9.21. The molecule has 4 aromatic rings. The van der Waals surface area contributed by atoms with Crippen molar-refractivity contribution in [3.05, 3.63) is 59.6 Å². The third kappa shape index (κ3) is 3.95. The molecular formula is C24H28N6O2. The second-order valence-corrected chi connectivity index (χ2v) is 7.53. The van der Waals surface area contributed by atoms with Gasteiger partial charge >= 0.3 is 0 Å². The van der Waals surface area contributed by atoms with E-state index >= 15 is 0 Å². The summed E-state index contributed by atoms with van der Waals surface area (Å²) in [7, 11) is 1.68. The van der Waals surface area contributed by atoms with E-state index in [0.29, 0.717) is 13.2 Å². The van der Waals surface area contributed by atoms with Crippen molar-refractivity contribution in [1.82, 2.24) is 24.7 Å². The minimum absolute atomic E-state index is 0.605. The first-order valence-electron chi connectivity index (χ1n) is 10.7. The molecule has 0 fully saturated rings. The molecule has 0 saturated carbocycles. The van der Waals surface area contributed by atoms with E-state index in [9.17, 15) is 0 Å². The molecule has 3 heterocycles. The molecule has 0 aliphatic heterocycles. The van der Waals surface area contributed by atoms with Crippen LogP contribution in [0, 0.1) is 20.8 Å². The zero-order valence-electron chi connectivity index (χ0n) is 19.1. The van der Waals surface area contributed by atoms with Crippen LogP contribution in [0.1, 0.15) is 29.7 Å². The molecule has 8 nitrogen and oxygen atoms in total. The van der Waals surface area contributed by atoms with Crippen molar-refractivity contribution in [3.63, 3.8) is 0 Å². The molecule has 8 heteroatoms. The van der Waals surface area contributed by atoms with E-state index in [1.807, 2.05) is 32.0 Å². The van der Waals surface area contributed by atoms with Crippen molar-refractivity contribution < 1.29 is 9.47 Å². The topological polar surface area (TPSA) is 87.0 Å². The SMILES string of the molecule is CCOc1ccc(-n2c(C)c3c(C)nnc(NCCc4cnccn4)c3c2C)c(OC)c1. The first-order chi connectivity index (χ1) is 15.5. The van der Waals surface area contributed by atoms with Crippen LogP contribution >= 0.6 is 0 Å². The highest BCUT2D eigenvalue weighted by atomic mass is 16.5. The second-order valence-electron chi connectivity index (χ2n) is 7.53. The van der Waals surface area contributed by atoms with Crippen LogP contribution in [0.5, 0.6) is 11.5 Å². The lowest BCUT2D eigenvalue weighted by Gasteiger charge is -2.15. The van der Waals surface area contributed by atoms with Crippen molar-refractivity contribution in [1.29, 1.82) is 0 Å². The first kappa shape index (κ1) is 21.5. The Morgan fingerprint density at radius 2 is 1.84 bits per heavy atom. The zero-order chi connectivity index (χ0) is 22.7. The molecular weight excluding hydrogens is 404 g/mol. The molecule has 166 valence electrons. The molecule has 0 bridgehead atoms. The summed E-state index contributed by atoms with van der Waals surface area (Å²) in [4.78, 5) is 8.46. The van der Waals surface area contributed by atoms with E-state index in [1.165, 1.54) is 0 Å². The number of ether oxygens (including phenoxy) is 2. The smallest absolute Gasteiger partial charge is 0.158 e. The van der Waals surface area contributed by atoms with Gasteiger partial charge in [-0.1, -0.05) is 0 Å². The molecule has 0 aliphatic rings. The van der Waals surface area contributed by atoms with Crippen molar-refractivity contribution in [3.8, 4) is 17.2 Å². The van der Waals surface area contributed by atoms with Crippen LogP contribution in [0.25, 0.3) is 16.5 Å². The van der Waals surface area contributed by atoms with Crippen molar-refractivity contribution >= 4 is 16.6 Å². The summed E-state index contributed by atoms with van der Waals surface area (Å²) in [6.45, 7) is 9.44. The van der Waals surface area contributed by atoms with Gasteiger partial charge in [0.1, 0.15) is 11.5 Å². The van der Waals surface area contributed by atoms with Crippen LogP contribution in [-0.4, -0.2) is 45.0 Å². The third-order valence-corrected chi connectivity index (χ3v) is 5.54. The quantitative estimate of drug-likeness (QED) is 0.446. The van der Waals surface area contributed by atoms with Crippen LogP contribution in [0.3, 0.4) is 0 Å². The number of rotatable bonds is 8. The lowest BCUT2D eigenvalue weighted by molar-refractivity contribution is 0.336. The highest BCUT2D eigenvalue weighted by Crippen LogP contribution is 2.37. The van der Waals surface area contributed by atoms with E-state index in [2.05, 4.69) is 43.9 Å². The zero-order valence-corrected chi connectivity index (χ0v) is 19.1. The lowest BCUT2D eigenvalue weighted by atomic mass is 10.1. The van der Waals surface area contributed by atoms with Gasteiger partial charge in [0.2, 0.25) is 0 Å². The maximum Gasteiger partial charge on any atom is 0.158 e. The summed E-state index contributed by atoms with van der Waals surface area (Å²) in [6, 6.07) is 5.92. The Bertz CT molecular complexity index is 1240. The predicted molar refractivity (Wildman–Crippen MR) is 125 cm³/mol. The molecule has 3 aromatic heterocycles. The van der Waals surface area contributed by atoms with Crippen molar-refractivity contribution in [2.24, 2.45) is 0 Å². The fourth-order valence-corrected chi connectivity index (χ4v) is 4.15. The van der Waals surface area contributed by atoms with Gasteiger partial charge in [0.25, 0.3) is 0 Å².